The minimum Gasteiger partial charge on any atom is -0.479 e. The van der Waals surface area contributed by atoms with Crippen LogP contribution in [0.3, 0.4) is 0 Å². The highest BCUT2D eigenvalue weighted by atomic mass is 16.5. The Kier molecular flexibility index (Phi) is 4.20. The fourth-order valence-corrected chi connectivity index (χ4v) is 3.17. The van der Waals surface area contributed by atoms with Crippen molar-refractivity contribution in [3.8, 4) is 5.69 Å². The van der Waals surface area contributed by atoms with Gasteiger partial charge in [0.2, 0.25) is 0 Å². The van der Waals surface area contributed by atoms with E-state index in [1.807, 2.05) is 31.2 Å². The van der Waals surface area contributed by atoms with Crippen LogP contribution >= 0.6 is 0 Å². The minimum absolute atomic E-state index is 0.0235. The van der Waals surface area contributed by atoms with Crippen LogP contribution < -0.4 is 0 Å². The zero-order chi connectivity index (χ0) is 18.3. The Balaban J connectivity index is 1.65. The van der Waals surface area contributed by atoms with Crippen molar-refractivity contribution < 1.29 is 19.4 Å². The van der Waals surface area contributed by atoms with Crippen molar-refractivity contribution in [3.05, 3.63) is 41.2 Å². The molecule has 136 valence electrons. The van der Waals surface area contributed by atoms with Crippen LogP contribution in [0.2, 0.25) is 0 Å². The van der Waals surface area contributed by atoms with E-state index in [0.29, 0.717) is 12.2 Å². The van der Waals surface area contributed by atoms with Gasteiger partial charge in [0.15, 0.2) is 11.8 Å². The molecule has 1 saturated carbocycles. The Hall–Kier alpha value is -2.74. The van der Waals surface area contributed by atoms with E-state index in [1.165, 1.54) is 4.90 Å². The van der Waals surface area contributed by atoms with Crippen molar-refractivity contribution in [2.24, 2.45) is 0 Å². The van der Waals surface area contributed by atoms with Crippen LogP contribution in [0, 0.1) is 6.92 Å². The lowest BCUT2D eigenvalue weighted by molar-refractivity contribution is -0.154. The Morgan fingerprint density at radius 2 is 1.96 bits per heavy atom. The molecule has 8 heteroatoms. The van der Waals surface area contributed by atoms with Gasteiger partial charge in [0, 0.05) is 12.5 Å². The second-order valence-corrected chi connectivity index (χ2v) is 6.79. The van der Waals surface area contributed by atoms with Crippen LogP contribution in [0.15, 0.2) is 24.3 Å². The number of aryl methyl sites for hydroxylation is 1. The lowest BCUT2D eigenvalue weighted by Gasteiger charge is -2.30. The number of carbonyl (C=O) groups excluding carboxylic acids is 1. The molecule has 1 saturated heterocycles. The topological polar surface area (TPSA) is 97.5 Å². The molecule has 0 unspecified atom stereocenters. The molecule has 1 atom stereocenters. The molecule has 2 fully saturated rings. The molecule has 2 heterocycles. The molecule has 8 nitrogen and oxygen atoms in total. The number of morpholine rings is 1. The normalized spacial score (nSPS) is 20.2. The van der Waals surface area contributed by atoms with E-state index in [9.17, 15) is 9.59 Å². The number of aliphatic carboxylic acids is 1. The molecule has 2 aliphatic rings. The van der Waals surface area contributed by atoms with Crippen LogP contribution in [0.5, 0.6) is 0 Å². The predicted molar refractivity (Wildman–Crippen MR) is 91.4 cm³/mol. The summed E-state index contributed by atoms with van der Waals surface area (Å²) < 4.78 is 6.93. The van der Waals surface area contributed by atoms with E-state index in [1.54, 1.807) is 4.68 Å². The number of ether oxygens (including phenoxy) is 1. The first-order valence-electron chi connectivity index (χ1n) is 8.71. The summed E-state index contributed by atoms with van der Waals surface area (Å²) in [5.74, 6) is -1.07. The summed E-state index contributed by atoms with van der Waals surface area (Å²) in [5.41, 5.74) is 3.15. The molecular weight excluding hydrogens is 336 g/mol. The van der Waals surface area contributed by atoms with Gasteiger partial charge in [-0.3, -0.25) is 4.79 Å². The van der Waals surface area contributed by atoms with Gasteiger partial charge in [0.25, 0.3) is 5.91 Å². The highest BCUT2D eigenvalue weighted by Gasteiger charge is 2.37. The van der Waals surface area contributed by atoms with E-state index in [4.69, 9.17) is 9.84 Å². The summed E-state index contributed by atoms with van der Waals surface area (Å²) >= 11 is 0. The zero-order valence-corrected chi connectivity index (χ0v) is 14.5. The van der Waals surface area contributed by atoms with E-state index >= 15 is 0 Å². The Bertz CT molecular complexity index is 841. The van der Waals surface area contributed by atoms with Gasteiger partial charge in [0.05, 0.1) is 24.5 Å². The molecule has 0 radical (unpaired) electrons. The molecule has 0 bridgehead atoms. The van der Waals surface area contributed by atoms with Crippen LogP contribution in [0.25, 0.3) is 5.69 Å². The van der Waals surface area contributed by atoms with Gasteiger partial charge in [-0.05, 0) is 31.9 Å². The fraction of sp³-hybridized carbons (Fsp3) is 0.444. The molecule has 1 N–H and O–H groups in total. The number of carboxylic acid groups (broad SMARTS) is 1. The second kappa shape index (κ2) is 6.53. The first-order chi connectivity index (χ1) is 12.5. The molecule has 1 aliphatic heterocycles. The predicted octanol–water partition coefficient (Wildman–Crippen LogP) is 1.38. The van der Waals surface area contributed by atoms with Crippen LogP contribution in [-0.2, 0) is 9.53 Å². The maximum atomic E-state index is 13.0. The lowest BCUT2D eigenvalue weighted by Crippen LogP contribution is -2.48. The maximum Gasteiger partial charge on any atom is 0.334 e. The van der Waals surface area contributed by atoms with Crippen LogP contribution in [0.1, 0.15) is 40.5 Å². The number of amides is 1. The van der Waals surface area contributed by atoms with Crippen molar-refractivity contribution in [2.45, 2.75) is 31.8 Å². The molecular formula is C18H20N4O4. The summed E-state index contributed by atoms with van der Waals surface area (Å²) in [4.78, 5) is 25.6. The van der Waals surface area contributed by atoms with Gasteiger partial charge < -0.3 is 14.7 Å². The average molecular weight is 356 g/mol. The van der Waals surface area contributed by atoms with Crippen molar-refractivity contribution in [1.29, 1.82) is 0 Å². The third-order valence-corrected chi connectivity index (χ3v) is 4.78. The first kappa shape index (κ1) is 16.7. The number of rotatable bonds is 4. The molecule has 1 aromatic heterocycles. The van der Waals surface area contributed by atoms with Crippen molar-refractivity contribution in [3.63, 3.8) is 0 Å². The number of carbonyl (C=O) groups is 2. The summed E-state index contributed by atoms with van der Waals surface area (Å²) in [7, 11) is 0. The molecule has 26 heavy (non-hydrogen) atoms. The summed E-state index contributed by atoms with van der Waals surface area (Å²) in [6, 6.07) is 7.90. The van der Waals surface area contributed by atoms with Crippen molar-refractivity contribution in [2.75, 3.05) is 19.7 Å². The number of hydrogen-bond acceptors (Lipinski definition) is 5. The Labute approximate surface area is 150 Å². The van der Waals surface area contributed by atoms with E-state index < -0.39 is 12.1 Å². The van der Waals surface area contributed by atoms with Crippen LogP contribution in [0.4, 0.5) is 0 Å². The van der Waals surface area contributed by atoms with Crippen LogP contribution in [-0.4, -0.2) is 62.7 Å². The average Bonchev–Trinajstić information content (AvgIpc) is 3.40. The third-order valence-electron chi connectivity index (χ3n) is 4.78. The number of hydrogen-bond donors (Lipinski definition) is 1. The molecule has 1 amide bonds. The van der Waals surface area contributed by atoms with Gasteiger partial charge in [0.1, 0.15) is 0 Å². The third kappa shape index (κ3) is 3.08. The first-order valence-corrected chi connectivity index (χ1v) is 8.71. The fourth-order valence-electron chi connectivity index (χ4n) is 3.17. The zero-order valence-electron chi connectivity index (χ0n) is 14.5. The smallest absolute Gasteiger partial charge is 0.334 e. The standard InChI is InChI=1S/C18H20N4O4/c1-11-2-6-13(7-3-11)22-16(12-4-5-12)15(19-20-22)17(23)21-8-9-26-14(10-21)18(24)25/h2-3,6-7,12,14H,4-5,8-10H2,1H3,(H,24,25)/t14-/m1/s1. The molecule has 2 aromatic rings. The van der Waals surface area contributed by atoms with E-state index in [2.05, 4.69) is 10.3 Å². The minimum atomic E-state index is -1.06. The largest absolute Gasteiger partial charge is 0.479 e. The lowest BCUT2D eigenvalue weighted by atomic mass is 10.1. The number of aromatic nitrogens is 3. The number of carboxylic acids is 1. The van der Waals surface area contributed by atoms with E-state index in [0.717, 1.165) is 29.8 Å². The summed E-state index contributed by atoms with van der Waals surface area (Å²) in [6.45, 7) is 2.59. The molecule has 1 aromatic carbocycles. The highest BCUT2D eigenvalue weighted by Crippen LogP contribution is 2.42. The maximum absolute atomic E-state index is 13.0. The quantitative estimate of drug-likeness (QED) is 0.889. The van der Waals surface area contributed by atoms with E-state index in [-0.39, 0.29) is 25.0 Å². The van der Waals surface area contributed by atoms with Crippen molar-refractivity contribution in [1.82, 2.24) is 19.9 Å². The second-order valence-electron chi connectivity index (χ2n) is 6.79. The van der Waals surface area contributed by atoms with Crippen molar-refractivity contribution >= 4 is 11.9 Å². The summed E-state index contributed by atoms with van der Waals surface area (Å²) in [5, 5.41) is 17.5. The van der Waals surface area contributed by atoms with Gasteiger partial charge in [-0.15, -0.1) is 5.10 Å². The molecule has 1 aliphatic carbocycles. The highest BCUT2D eigenvalue weighted by molar-refractivity contribution is 5.94. The SMILES string of the molecule is Cc1ccc(-n2nnc(C(=O)N3CCO[C@@H](C(=O)O)C3)c2C2CC2)cc1. The number of nitrogens with zero attached hydrogens (tertiary/aromatic N) is 4. The molecule has 4 rings (SSSR count). The Morgan fingerprint density at radius 3 is 2.62 bits per heavy atom. The van der Waals surface area contributed by atoms with Gasteiger partial charge >= 0.3 is 5.97 Å². The van der Waals surface area contributed by atoms with Gasteiger partial charge in [-0.2, -0.15) is 0 Å². The van der Waals surface area contributed by atoms with Gasteiger partial charge in [-0.1, -0.05) is 22.9 Å². The number of benzene rings is 1. The summed E-state index contributed by atoms with van der Waals surface area (Å²) in [6.07, 6.45) is 1.00. The Morgan fingerprint density at radius 1 is 1.23 bits per heavy atom. The monoisotopic (exact) mass is 356 g/mol. The van der Waals surface area contributed by atoms with Gasteiger partial charge in [-0.25, -0.2) is 9.48 Å². The molecule has 0 spiro atoms.